The molecule has 2 fully saturated rings. The van der Waals surface area contributed by atoms with Crippen molar-refractivity contribution in [3.8, 4) is 0 Å². The molecule has 32 heavy (non-hydrogen) atoms. The molecule has 2 aliphatic heterocycles. The predicted octanol–water partition coefficient (Wildman–Crippen LogP) is 2.48. The number of nitrogens with zero attached hydrogens (tertiary/aromatic N) is 4. The third-order valence-electron chi connectivity index (χ3n) is 5.83. The van der Waals surface area contributed by atoms with Gasteiger partial charge >= 0.3 is 0 Å². The fourth-order valence-electron chi connectivity index (χ4n) is 4.12. The summed E-state index contributed by atoms with van der Waals surface area (Å²) in [7, 11) is -3.88. The van der Waals surface area contributed by atoms with E-state index in [2.05, 4.69) is 0 Å². The summed E-state index contributed by atoms with van der Waals surface area (Å²) in [5.41, 5.74) is 0.749. The molecule has 2 heterocycles. The van der Waals surface area contributed by atoms with E-state index < -0.39 is 20.8 Å². The molecule has 0 saturated carbocycles. The normalized spacial score (nSPS) is 17.5. The Hall–Kier alpha value is -3.05. The van der Waals surface area contributed by atoms with Gasteiger partial charge in [0.15, 0.2) is 0 Å². The summed E-state index contributed by atoms with van der Waals surface area (Å²) in [6.07, 6.45) is 1.97. The Bertz CT molecular complexity index is 1140. The van der Waals surface area contributed by atoms with Crippen LogP contribution < -0.4 is 4.90 Å². The number of anilines is 1. The number of sulfonamides is 1. The van der Waals surface area contributed by atoms with E-state index in [1.165, 1.54) is 39.5 Å². The van der Waals surface area contributed by atoms with Gasteiger partial charge in [-0.15, -0.1) is 0 Å². The Morgan fingerprint density at radius 2 is 1.66 bits per heavy atom. The van der Waals surface area contributed by atoms with Crippen LogP contribution in [0.1, 0.15) is 23.2 Å². The summed E-state index contributed by atoms with van der Waals surface area (Å²) in [5, 5.41) is 11.3. The Morgan fingerprint density at radius 1 is 0.969 bits per heavy atom. The lowest BCUT2D eigenvalue weighted by molar-refractivity contribution is -0.384. The summed E-state index contributed by atoms with van der Waals surface area (Å²) in [4.78, 5) is 27.4. The molecule has 170 valence electrons. The van der Waals surface area contributed by atoms with Crippen molar-refractivity contribution in [2.75, 3.05) is 44.2 Å². The number of amides is 1. The molecular formula is C21H23FN4O5S. The van der Waals surface area contributed by atoms with E-state index in [0.717, 1.165) is 32.0 Å². The zero-order valence-corrected chi connectivity index (χ0v) is 18.1. The molecule has 4 rings (SSSR count). The molecule has 0 spiro atoms. The summed E-state index contributed by atoms with van der Waals surface area (Å²) in [5.74, 6) is -1.00. The molecule has 0 bridgehead atoms. The van der Waals surface area contributed by atoms with Gasteiger partial charge in [0.25, 0.3) is 11.6 Å². The van der Waals surface area contributed by atoms with Gasteiger partial charge in [-0.05, 0) is 37.1 Å². The standard InChI is InChI=1S/C21H23FN4O5S/c22-16-4-3-5-18(14-16)32(30,31)25-12-10-24(11-13-25)21(27)19-15-17(26(28)29)6-7-20(19)23-8-1-2-9-23/h3-7,14-15H,1-2,8-13H2. The fourth-order valence-corrected chi connectivity index (χ4v) is 5.58. The molecule has 2 aliphatic rings. The van der Waals surface area contributed by atoms with Gasteiger partial charge < -0.3 is 9.80 Å². The molecule has 0 radical (unpaired) electrons. The highest BCUT2D eigenvalue weighted by atomic mass is 32.2. The van der Waals surface area contributed by atoms with Gasteiger partial charge in [-0.2, -0.15) is 4.31 Å². The number of hydrogen-bond donors (Lipinski definition) is 0. The number of rotatable bonds is 5. The Balaban J connectivity index is 1.53. The predicted molar refractivity (Wildman–Crippen MR) is 116 cm³/mol. The van der Waals surface area contributed by atoms with E-state index in [0.29, 0.717) is 5.69 Å². The second-order valence-electron chi connectivity index (χ2n) is 7.81. The number of halogens is 1. The fraction of sp³-hybridized carbons (Fsp3) is 0.381. The lowest BCUT2D eigenvalue weighted by Gasteiger charge is -2.34. The molecule has 11 heteroatoms. The summed E-state index contributed by atoms with van der Waals surface area (Å²) >= 11 is 0. The Morgan fingerprint density at radius 3 is 2.28 bits per heavy atom. The number of carbonyl (C=O) groups excluding carboxylic acids is 1. The molecule has 2 saturated heterocycles. The third kappa shape index (κ3) is 4.30. The van der Waals surface area contributed by atoms with E-state index >= 15 is 0 Å². The monoisotopic (exact) mass is 462 g/mol. The highest BCUT2D eigenvalue weighted by molar-refractivity contribution is 7.89. The molecule has 9 nitrogen and oxygen atoms in total. The van der Waals surface area contributed by atoms with Gasteiger partial charge in [0.2, 0.25) is 10.0 Å². The molecule has 0 atom stereocenters. The van der Waals surface area contributed by atoms with Crippen LogP contribution in [-0.2, 0) is 10.0 Å². The maximum absolute atomic E-state index is 13.5. The molecule has 2 aromatic carbocycles. The van der Waals surface area contributed by atoms with Crippen molar-refractivity contribution in [1.82, 2.24) is 9.21 Å². The largest absolute Gasteiger partial charge is 0.371 e. The average molecular weight is 463 g/mol. The van der Waals surface area contributed by atoms with E-state index in [1.54, 1.807) is 6.07 Å². The zero-order chi connectivity index (χ0) is 22.9. The van der Waals surface area contributed by atoms with Gasteiger partial charge in [0.05, 0.1) is 21.1 Å². The van der Waals surface area contributed by atoms with Gasteiger partial charge in [0.1, 0.15) is 5.82 Å². The second-order valence-corrected chi connectivity index (χ2v) is 9.74. The highest BCUT2D eigenvalue weighted by Gasteiger charge is 2.32. The molecule has 0 aromatic heterocycles. The van der Waals surface area contributed by atoms with Crippen LogP contribution in [0.15, 0.2) is 47.4 Å². The maximum Gasteiger partial charge on any atom is 0.270 e. The SMILES string of the molecule is O=C(c1cc([N+](=O)[O-])ccc1N1CCCC1)N1CCN(S(=O)(=O)c2cccc(F)c2)CC1. The number of hydrogen-bond acceptors (Lipinski definition) is 6. The van der Waals surface area contributed by atoms with Crippen LogP contribution in [0.5, 0.6) is 0 Å². The van der Waals surface area contributed by atoms with Crippen molar-refractivity contribution in [2.24, 2.45) is 0 Å². The number of benzene rings is 2. The third-order valence-corrected chi connectivity index (χ3v) is 7.72. The van der Waals surface area contributed by atoms with Crippen LogP contribution in [0.2, 0.25) is 0 Å². The topological polar surface area (TPSA) is 104 Å². The minimum Gasteiger partial charge on any atom is -0.371 e. The Labute approximate surface area is 185 Å². The van der Waals surface area contributed by atoms with E-state index in [9.17, 15) is 27.7 Å². The smallest absolute Gasteiger partial charge is 0.270 e. The van der Waals surface area contributed by atoms with Crippen LogP contribution in [0.25, 0.3) is 0 Å². The first-order valence-corrected chi connectivity index (χ1v) is 11.8. The van der Waals surface area contributed by atoms with Crippen LogP contribution in [0, 0.1) is 15.9 Å². The minimum absolute atomic E-state index is 0.0541. The first-order valence-electron chi connectivity index (χ1n) is 10.4. The molecule has 1 amide bonds. The number of piperazine rings is 1. The van der Waals surface area contributed by atoms with Crippen molar-refractivity contribution < 1.29 is 22.5 Å². The number of carbonyl (C=O) groups is 1. The lowest BCUT2D eigenvalue weighted by Crippen LogP contribution is -2.50. The molecule has 0 aliphatic carbocycles. The number of non-ortho nitro benzene ring substituents is 1. The number of nitro groups is 1. The molecule has 0 unspecified atom stereocenters. The van der Waals surface area contributed by atoms with Gasteiger partial charge in [-0.3, -0.25) is 14.9 Å². The summed E-state index contributed by atoms with van der Waals surface area (Å²) in [6, 6.07) is 9.12. The van der Waals surface area contributed by atoms with Crippen LogP contribution in [-0.4, -0.2) is 67.7 Å². The first kappa shape index (κ1) is 22.2. The Kier molecular flexibility index (Phi) is 6.11. The zero-order valence-electron chi connectivity index (χ0n) is 17.3. The quantitative estimate of drug-likeness (QED) is 0.500. The molecule has 0 N–H and O–H groups in total. The van der Waals surface area contributed by atoms with Gasteiger partial charge in [-0.25, -0.2) is 12.8 Å². The van der Waals surface area contributed by atoms with Crippen molar-refractivity contribution >= 4 is 27.3 Å². The average Bonchev–Trinajstić information content (AvgIpc) is 3.33. The van der Waals surface area contributed by atoms with Gasteiger partial charge in [0, 0.05) is 51.4 Å². The minimum atomic E-state index is -3.88. The number of nitro benzene ring substituents is 1. The second kappa shape index (κ2) is 8.83. The van der Waals surface area contributed by atoms with E-state index in [-0.39, 0.29) is 48.2 Å². The van der Waals surface area contributed by atoms with Gasteiger partial charge in [-0.1, -0.05) is 6.07 Å². The molecule has 2 aromatic rings. The van der Waals surface area contributed by atoms with Crippen molar-refractivity contribution in [3.05, 3.63) is 64.0 Å². The van der Waals surface area contributed by atoms with Crippen molar-refractivity contribution in [1.29, 1.82) is 0 Å². The first-order chi connectivity index (χ1) is 15.3. The summed E-state index contributed by atoms with van der Waals surface area (Å²) in [6.45, 7) is 1.93. The summed E-state index contributed by atoms with van der Waals surface area (Å²) < 4.78 is 40.3. The van der Waals surface area contributed by atoms with Crippen molar-refractivity contribution in [3.63, 3.8) is 0 Å². The van der Waals surface area contributed by atoms with Crippen molar-refractivity contribution in [2.45, 2.75) is 17.7 Å². The molecular weight excluding hydrogens is 439 g/mol. The lowest BCUT2D eigenvalue weighted by atomic mass is 10.1. The van der Waals surface area contributed by atoms with Crippen LogP contribution in [0.3, 0.4) is 0 Å². The maximum atomic E-state index is 13.5. The van der Waals surface area contributed by atoms with E-state index in [4.69, 9.17) is 0 Å². The highest BCUT2D eigenvalue weighted by Crippen LogP contribution is 2.30. The van der Waals surface area contributed by atoms with Crippen LogP contribution >= 0.6 is 0 Å². The van der Waals surface area contributed by atoms with Crippen LogP contribution in [0.4, 0.5) is 15.8 Å². The van der Waals surface area contributed by atoms with E-state index in [1.807, 2.05) is 4.90 Å².